The molecule has 0 heterocycles. The van der Waals surface area contributed by atoms with Crippen LogP contribution >= 0.6 is 50.5 Å². The maximum Gasteiger partial charge on any atom is 0.304 e. The van der Waals surface area contributed by atoms with E-state index in [1.807, 2.05) is 121 Å². The van der Waals surface area contributed by atoms with Crippen LogP contribution in [-0.4, -0.2) is 114 Å². The molecule has 14 nitrogen and oxygen atoms in total. The van der Waals surface area contributed by atoms with E-state index in [-0.39, 0.29) is 73.1 Å². The van der Waals surface area contributed by atoms with E-state index in [0.717, 1.165) is 22.3 Å². The first-order valence-corrected chi connectivity index (χ1v) is 20.1. The molecular weight excluding hydrogens is 857 g/mol. The van der Waals surface area contributed by atoms with Crippen LogP contribution in [-0.2, 0) is 19.2 Å². The van der Waals surface area contributed by atoms with Crippen molar-refractivity contribution in [2.24, 2.45) is 0 Å². The molecule has 10 N–H and O–H groups in total. The number of carboxylic acid groups (broad SMARTS) is 4. The second kappa shape index (κ2) is 36.7. The summed E-state index contributed by atoms with van der Waals surface area (Å²) in [6.45, 7) is -1.46. The first-order chi connectivity index (χ1) is 28.4. The van der Waals surface area contributed by atoms with Gasteiger partial charge in [0.15, 0.2) is 0 Å². The van der Waals surface area contributed by atoms with Gasteiger partial charge in [0.25, 0.3) is 0 Å². The zero-order chi connectivity index (χ0) is 45.9. The molecule has 0 saturated carbocycles. The third kappa shape index (κ3) is 32.7. The average Bonchev–Trinajstić information content (AvgIpc) is 3.24. The predicted octanol–water partition coefficient (Wildman–Crippen LogP) is 5.19. The number of aliphatic carboxylic acids is 4. The molecule has 4 aromatic carbocycles. The number of benzene rings is 4. The van der Waals surface area contributed by atoms with Crippen LogP contribution in [0.3, 0.4) is 0 Å². The fourth-order valence-corrected chi connectivity index (χ4v) is 5.26. The minimum absolute atomic E-state index is 0.0626. The molecule has 0 spiro atoms. The number of hydrogen-bond acceptors (Lipinski definition) is 14. The monoisotopic (exact) mass is 912 g/mol. The van der Waals surface area contributed by atoms with E-state index in [1.54, 1.807) is 0 Å². The van der Waals surface area contributed by atoms with Crippen molar-refractivity contribution < 1.29 is 70.2 Å². The Hall–Kier alpha value is -4.08. The minimum atomic E-state index is -0.954. The summed E-state index contributed by atoms with van der Waals surface area (Å²) in [6.07, 6.45) is -1.66. The van der Waals surface area contributed by atoms with Gasteiger partial charge in [-0.15, -0.1) is 0 Å². The molecule has 0 fully saturated rings. The Morgan fingerprint density at radius 1 is 0.350 bits per heavy atom. The van der Waals surface area contributed by atoms with Crippen molar-refractivity contribution >= 4 is 74.4 Å². The van der Waals surface area contributed by atoms with E-state index in [2.05, 4.69) is 50.5 Å². The molecule has 0 bridgehead atoms. The third-order valence-electron chi connectivity index (χ3n) is 7.05. The molecule has 0 aromatic heterocycles. The molecule has 0 aliphatic carbocycles. The van der Waals surface area contributed by atoms with Gasteiger partial charge in [-0.25, -0.2) is 0 Å². The Balaban J connectivity index is 0. The van der Waals surface area contributed by atoms with Crippen molar-refractivity contribution in [3.05, 3.63) is 144 Å². The smallest absolute Gasteiger partial charge is 0.304 e. The summed E-state index contributed by atoms with van der Waals surface area (Å²) in [7, 11) is 0. The molecule has 4 unspecified atom stereocenters. The van der Waals surface area contributed by atoms with E-state index in [1.165, 1.54) is 0 Å². The van der Waals surface area contributed by atoms with Crippen molar-refractivity contribution in [2.45, 2.75) is 58.9 Å². The number of hydrogen-bond donors (Lipinski definition) is 14. The average molecular weight is 913 g/mol. The zero-order valence-electron chi connectivity index (χ0n) is 32.6. The summed E-state index contributed by atoms with van der Waals surface area (Å²) in [5.74, 6) is -3.28. The van der Waals surface area contributed by atoms with Crippen molar-refractivity contribution in [1.29, 1.82) is 0 Å². The third-order valence-corrected chi connectivity index (χ3v) is 8.98. The standard InChI is InChI=1S/4C9H10O2S.2C3H8O3/c4*10-9(11)6-8(12)7-4-2-1-3-5-7;2*4-1-3(6)2-5/h4*1-5,8,12H,6H2,(H,10,11);2*3-6H,1-2H2. The van der Waals surface area contributed by atoms with E-state index in [9.17, 15) is 19.2 Å². The fourth-order valence-electron chi connectivity index (χ4n) is 3.95. The second-order valence-corrected chi connectivity index (χ2v) is 14.6. The summed E-state index contributed by atoms with van der Waals surface area (Å²) in [5, 5.41) is 81.2. The van der Waals surface area contributed by atoms with Gasteiger partial charge in [-0.3, -0.25) is 19.2 Å². The topological polar surface area (TPSA) is 271 Å². The molecule has 0 aliphatic heterocycles. The highest BCUT2D eigenvalue weighted by Gasteiger charge is 2.12. The lowest BCUT2D eigenvalue weighted by atomic mass is 10.1. The van der Waals surface area contributed by atoms with Crippen molar-refractivity contribution in [2.75, 3.05) is 26.4 Å². The molecule has 0 aliphatic rings. The maximum atomic E-state index is 10.3. The van der Waals surface area contributed by atoms with Crippen molar-refractivity contribution in [3.8, 4) is 0 Å². The van der Waals surface area contributed by atoms with Gasteiger partial charge in [-0.05, 0) is 22.3 Å². The van der Waals surface area contributed by atoms with Crippen LogP contribution in [0.5, 0.6) is 0 Å². The minimum Gasteiger partial charge on any atom is -0.481 e. The van der Waals surface area contributed by atoms with Crippen LogP contribution in [0, 0.1) is 0 Å². The molecule has 4 aromatic rings. The highest BCUT2D eigenvalue weighted by Crippen LogP contribution is 2.25. The van der Waals surface area contributed by atoms with Crippen molar-refractivity contribution in [1.82, 2.24) is 0 Å². The summed E-state index contributed by atoms with van der Waals surface area (Å²) >= 11 is 16.7. The predicted molar refractivity (Wildman–Crippen MR) is 242 cm³/mol. The Morgan fingerprint density at radius 3 is 0.600 bits per heavy atom. The molecule has 18 heteroatoms. The van der Waals surface area contributed by atoms with Crippen LogP contribution in [0.2, 0.25) is 0 Å². The Labute approximate surface area is 371 Å². The highest BCUT2D eigenvalue weighted by molar-refractivity contribution is 7.81. The number of carbonyl (C=O) groups is 4. The Kier molecular flexibility index (Phi) is 35.5. The van der Waals surface area contributed by atoms with Gasteiger partial charge in [0, 0.05) is 21.0 Å². The van der Waals surface area contributed by atoms with Crippen molar-refractivity contribution in [3.63, 3.8) is 0 Å². The molecule has 0 amide bonds. The Bertz CT molecular complexity index is 1430. The maximum absolute atomic E-state index is 10.3. The van der Waals surface area contributed by atoms with Gasteiger partial charge in [-0.1, -0.05) is 121 Å². The number of aliphatic hydroxyl groups is 6. The fraction of sp³-hybridized carbons (Fsp3) is 0.333. The molecule has 0 radical (unpaired) electrons. The van der Waals surface area contributed by atoms with E-state index in [4.69, 9.17) is 51.1 Å². The first kappa shape index (κ1) is 58.0. The summed E-state index contributed by atoms with van der Waals surface area (Å²) < 4.78 is 0. The van der Waals surface area contributed by atoms with Crippen LogP contribution in [0.25, 0.3) is 0 Å². The molecule has 4 rings (SSSR count). The summed E-state index contributed by atoms with van der Waals surface area (Å²) in [5.41, 5.74) is 3.79. The molecule has 332 valence electrons. The van der Waals surface area contributed by atoms with Crippen LogP contribution in [0.1, 0.15) is 68.9 Å². The lowest BCUT2D eigenvalue weighted by Crippen LogP contribution is -2.15. The number of carboxylic acids is 4. The van der Waals surface area contributed by atoms with E-state index < -0.39 is 36.1 Å². The Morgan fingerprint density at radius 2 is 0.500 bits per heavy atom. The normalized spacial score (nSPS) is 11.9. The van der Waals surface area contributed by atoms with Gasteiger partial charge in [-0.2, -0.15) is 50.5 Å². The number of aliphatic hydroxyl groups excluding tert-OH is 6. The van der Waals surface area contributed by atoms with Crippen LogP contribution in [0.4, 0.5) is 0 Å². The van der Waals surface area contributed by atoms with Crippen LogP contribution in [0.15, 0.2) is 121 Å². The van der Waals surface area contributed by atoms with E-state index in [0.29, 0.717) is 0 Å². The first-order valence-electron chi connectivity index (χ1n) is 18.0. The van der Waals surface area contributed by atoms with Gasteiger partial charge >= 0.3 is 23.9 Å². The molecular formula is C42H56O14S4. The van der Waals surface area contributed by atoms with Gasteiger partial charge in [0.1, 0.15) is 12.2 Å². The largest absolute Gasteiger partial charge is 0.481 e. The molecule has 4 atom stereocenters. The number of rotatable bonds is 16. The SMILES string of the molecule is O=C(O)CC(S)c1ccccc1.O=C(O)CC(S)c1ccccc1.O=C(O)CC(S)c1ccccc1.O=C(O)CC(S)c1ccccc1.OCC(O)CO.OCC(O)CO. The van der Waals surface area contributed by atoms with Gasteiger partial charge in [0.05, 0.1) is 52.1 Å². The quantitative estimate of drug-likeness (QED) is 0.0645. The molecule has 60 heavy (non-hydrogen) atoms. The lowest BCUT2D eigenvalue weighted by Gasteiger charge is -2.06. The zero-order valence-corrected chi connectivity index (χ0v) is 36.1. The number of thiol groups is 4. The van der Waals surface area contributed by atoms with Crippen LogP contribution < -0.4 is 0 Å². The summed E-state index contributed by atoms with van der Waals surface area (Å²) in [6, 6.07) is 37.6. The lowest BCUT2D eigenvalue weighted by molar-refractivity contribution is -0.138. The molecule has 0 saturated heterocycles. The van der Waals surface area contributed by atoms with Gasteiger partial charge < -0.3 is 51.1 Å². The second-order valence-electron chi connectivity index (χ2n) is 12.1. The van der Waals surface area contributed by atoms with E-state index >= 15 is 0 Å². The highest BCUT2D eigenvalue weighted by atomic mass is 32.1. The summed E-state index contributed by atoms with van der Waals surface area (Å²) in [4.78, 5) is 41.3. The van der Waals surface area contributed by atoms with Gasteiger partial charge in [0.2, 0.25) is 0 Å².